The van der Waals surface area contributed by atoms with E-state index >= 15 is 0 Å². The molecule has 0 saturated carbocycles. The summed E-state index contributed by atoms with van der Waals surface area (Å²) in [6, 6.07) is 11.2. The van der Waals surface area contributed by atoms with Gasteiger partial charge in [0.2, 0.25) is 0 Å². The number of likely N-dealkylation sites (tertiary alicyclic amines) is 1. The van der Waals surface area contributed by atoms with Crippen molar-refractivity contribution < 1.29 is 0 Å². The van der Waals surface area contributed by atoms with Gasteiger partial charge in [-0.1, -0.05) is 37.3 Å². The van der Waals surface area contributed by atoms with Crippen LogP contribution in [-0.4, -0.2) is 29.6 Å². The Balaban J connectivity index is 1.91. The van der Waals surface area contributed by atoms with Crippen molar-refractivity contribution in [2.45, 2.75) is 51.6 Å². The highest BCUT2D eigenvalue weighted by atomic mass is 15.2. The van der Waals surface area contributed by atoms with Crippen LogP contribution in [0.3, 0.4) is 0 Å². The minimum Gasteiger partial charge on any atom is -0.327 e. The minimum atomic E-state index is 0.268. The molecule has 2 unspecified atom stereocenters. The van der Waals surface area contributed by atoms with Crippen LogP contribution in [0.1, 0.15) is 39.2 Å². The summed E-state index contributed by atoms with van der Waals surface area (Å²) in [5, 5.41) is 0. The molecule has 19 heavy (non-hydrogen) atoms. The molecule has 1 aromatic carbocycles. The lowest BCUT2D eigenvalue weighted by molar-refractivity contribution is 0.0565. The van der Waals surface area contributed by atoms with E-state index in [1.807, 2.05) is 0 Å². The second-order valence-corrected chi connectivity index (χ2v) is 6.67. The molecule has 1 saturated heterocycles. The highest BCUT2D eigenvalue weighted by Gasteiger charge is 2.32. The lowest BCUT2D eigenvalue weighted by Crippen LogP contribution is -2.54. The normalized spacial score (nSPS) is 25.5. The molecule has 0 amide bonds. The molecule has 0 aliphatic carbocycles. The number of nitrogens with zero attached hydrogens (tertiary/aromatic N) is 1. The monoisotopic (exact) mass is 260 g/mol. The lowest BCUT2D eigenvalue weighted by atomic mass is 9.87. The van der Waals surface area contributed by atoms with Gasteiger partial charge in [0.1, 0.15) is 0 Å². The van der Waals surface area contributed by atoms with Crippen LogP contribution >= 0.6 is 0 Å². The smallest absolute Gasteiger partial charge is 0.0156 e. The van der Waals surface area contributed by atoms with Crippen molar-refractivity contribution in [3.8, 4) is 0 Å². The zero-order valence-electron chi connectivity index (χ0n) is 12.6. The van der Waals surface area contributed by atoms with Crippen molar-refractivity contribution in [1.29, 1.82) is 0 Å². The van der Waals surface area contributed by atoms with Crippen molar-refractivity contribution in [2.24, 2.45) is 11.7 Å². The first-order valence-electron chi connectivity index (χ1n) is 7.53. The summed E-state index contributed by atoms with van der Waals surface area (Å²) >= 11 is 0. The van der Waals surface area contributed by atoms with Crippen molar-refractivity contribution in [1.82, 2.24) is 4.90 Å². The van der Waals surface area contributed by atoms with E-state index in [-0.39, 0.29) is 5.54 Å². The molecule has 2 heteroatoms. The van der Waals surface area contributed by atoms with Gasteiger partial charge in [-0.05, 0) is 44.6 Å². The molecule has 0 spiro atoms. The Morgan fingerprint density at radius 3 is 2.58 bits per heavy atom. The van der Waals surface area contributed by atoms with Gasteiger partial charge in [0, 0.05) is 24.7 Å². The Bertz CT molecular complexity index is 386. The van der Waals surface area contributed by atoms with Crippen LogP contribution in [0.4, 0.5) is 0 Å². The summed E-state index contributed by atoms with van der Waals surface area (Å²) in [7, 11) is 0. The van der Waals surface area contributed by atoms with E-state index in [4.69, 9.17) is 5.73 Å². The molecule has 0 radical (unpaired) electrons. The number of nitrogens with two attached hydrogens (primary N) is 1. The van der Waals surface area contributed by atoms with Crippen molar-refractivity contribution in [2.75, 3.05) is 13.1 Å². The van der Waals surface area contributed by atoms with E-state index in [1.54, 1.807) is 0 Å². The van der Waals surface area contributed by atoms with Gasteiger partial charge >= 0.3 is 0 Å². The Labute approximate surface area is 118 Å². The van der Waals surface area contributed by atoms with Gasteiger partial charge in [-0.15, -0.1) is 0 Å². The van der Waals surface area contributed by atoms with E-state index in [0.717, 1.165) is 25.9 Å². The van der Waals surface area contributed by atoms with E-state index in [1.165, 1.54) is 12.0 Å². The fraction of sp³-hybridized carbons (Fsp3) is 0.647. The van der Waals surface area contributed by atoms with Crippen LogP contribution < -0.4 is 5.73 Å². The topological polar surface area (TPSA) is 29.3 Å². The molecule has 1 heterocycles. The summed E-state index contributed by atoms with van der Waals surface area (Å²) in [5.41, 5.74) is 7.83. The van der Waals surface area contributed by atoms with Crippen molar-refractivity contribution >= 4 is 0 Å². The average Bonchev–Trinajstić information content (AvgIpc) is 2.41. The third-order valence-electron chi connectivity index (χ3n) is 4.70. The molecule has 0 bridgehead atoms. The van der Waals surface area contributed by atoms with Gasteiger partial charge in [0.05, 0.1) is 0 Å². The van der Waals surface area contributed by atoms with Gasteiger partial charge < -0.3 is 5.73 Å². The van der Waals surface area contributed by atoms with E-state index in [9.17, 15) is 0 Å². The maximum atomic E-state index is 6.12. The molecule has 106 valence electrons. The first kappa shape index (κ1) is 14.5. The van der Waals surface area contributed by atoms with Crippen LogP contribution in [-0.2, 0) is 6.42 Å². The summed E-state index contributed by atoms with van der Waals surface area (Å²) in [6.07, 6.45) is 3.50. The van der Waals surface area contributed by atoms with Crippen LogP contribution in [0.5, 0.6) is 0 Å². The van der Waals surface area contributed by atoms with Crippen LogP contribution in [0.25, 0.3) is 0 Å². The number of rotatable bonds is 4. The zero-order chi connectivity index (χ0) is 13.9. The van der Waals surface area contributed by atoms with Gasteiger partial charge in [0.25, 0.3) is 0 Å². The maximum Gasteiger partial charge on any atom is 0.0156 e. The Morgan fingerprint density at radius 1 is 1.26 bits per heavy atom. The highest BCUT2D eigenvalue weighted by molar-refractivity contribution is 5.15. The number of benzene rings is 1. The van der Waals surface area contributed by atoms with Crippen LogP contribution in [0, 0.1) is 5.92 Å². The predicted octanol–water partition coefficient (Wildman–Crippen LogP) is 3.07. The number of piperidine rings is 1. The Kier molecular flexibility index (Phi) is 4.64. The first-order valence-corrected chi connectivity index (χ1v) is 7.53. The third-order valence-corrected chi connectivity index (χ3v) is 4.70. The van der Waals surface area contributed by atoms with Crippen molar-refractivity contribution in [3.63, 3.8) is 0 Å². The second kappa shape index (κ2) is 6.06. The van der Waals surface area contributed by atoms with Crippen LogP contribution in [0.2, 0.25) is 0 Å². The summed E-state index contributed by atoms with van der Waals surface area (Å²) < 4.78 is 0. The summed E-state index contributed by atoms with van der Waals surface area (Å²) in [6.45, 7) is 9.32. The zero-order valence-corrected chi connectivity index (χ0v) is 12.6. The van der Waals surface area contributed by atoms with Gasteiger partial charge in [-0.25, -0.2) is 0 Å². The van der Waals surface area contributed by atoms with Gasteiger partial charge in [-0.3, -0.25) is 4.90 Å². The van der Waals surface area contributed by atoms with Crippen LogP contribution in [0.15, 0.2) is 30.3 Å². The molecular weight excluding hydrogens is 232 g/mol. The highest BCUT2D eigenvalue weighted by Crippen LogP contribution is 2.27. The lowest BCUT2D eigenvalue weighted by Gasteiger charge is -2.45. The average molecular weight is 260 g/mol. The maximum absolute atomic E-state index is 6.12. The number of hydrogen-bond acceptors (Lipinski definition) is 2. The quantitative estimate of drug-likeness (QED) is 0.901. The largest absolute Gasteiger partial charge is 0.327 e. The molecule has 1 aromatic rings. The fourth-order valence-electron chi connectivity index (χ4n) is 2.97. The Hall–Kier alpha value is -0.860. The molecule has 2 N–H and O–H groups in total. The van der Waals surface area contributed by atoms with E-state index < -0.39 is 0 Å². The van der Waals surface area contributed by atoms with E-state index in [2.05, 4.69) is 56.0 Å². The predicted molar refractivity (Wildman–Crippen MR) is 82.2 cm³/mol. The number of aryl methyl sites for hydroxylation is 1. The minimum absolute atomic E-state index is 0.268. The van der Waals surface area contributed by atoms with E-state index in [0.29, 0.717) is 12.0 Å². The SMILES string of the molecule is CC1CN(C(C)(C)CCc2ccccc2)CCC1N. The standard InChI is InChI=1S/C17H28N2/c1-14-13-19(12-10-16(14)18)17(2,3)11-9-15-7-5-4-6-8-15/h4-8,14,16H,9-13,18H2,1-3H3. The summed E-state index contributed by atoms with van der Waals surface area (Å²) in [5.74, 6) is 0.616. The first-order chi connectivity index (χ1) is 8.99. The molecule has 2 nitrogen and oxygen atoms in total. The summed E-state index contributed by atoms with van der Waals surface area (Å²) in [4.78, 5) is 2.63. The Morgan fingerprint density at radius 2 is 1.95 bits per heavy atom. The molecule has 1 aliphatic heterocycles. The number of hydrogen-bond donors (Lipinski definition) is 1. The second-order valence-electron chi connectivity index (χ2n) is 6.67. The molecule has 1 fully saturated rings. The molecular formula is C17H28N2. The molecule has 2 rings (SSSR count). The molecule has 2 atom stereocenters. The molecule has 0 aromatic heterocycles. The molecule has 1 aliphatic rings. The van der Waals surface area contributed by atoms with Gasteiger partial charge in [-0.2, -0.15) is 0 Å². The fourth-order valence-corrected chi connectivity index (χ4v) is 2.97. The van der Waals surface area contributed by atoms with Gasteiger partial charge in [0.15, 0.2) is 0 Å². The van der Waals surface area contributed by atoms with Crippen molar-refractivity contribution in [3.05, 3.63) is 35.9 Å². The third kappa shape index (κ3) is 3.80.